The Bertz CT molecular complexity index is 578. The molecule has 1 aliphatic rings. The van der Waals surface area contributed by atoms with Crippen LogP contribution in [-0.4, -0.2) is 6.61 Å². The van der Waals surface area contributed by atoms with E-state index in [2.05, 4.69) is 23.6 Å². The van der Waals surface area contributed by atoms with E-state index in [0.717, 1.165) is 11.3 Å². The molecule has 0 aliphatic heterocycles. The van der Waals surface area contributed by atoms with Crippen molar-refractivity contribution in [1.82, 2.24) is 0 Å². The molecule has 1 aromatic carbocycles. The van der Waals surface area contributed by atoms with Gasteiger partial charge >= 0.3 is 0 Å². The summed E-state index contributed by atoms with van der Waals surface area (Å²) < 4.78 is 5.74. The molecule has 0 fully saturated rings. The Labute approximate surface area is 124 Å². The number of nitrogens with two attached hydrogens (primary N) is 1. The monoisotopic (exact) mass is 287 g/mol. The lowest BCUT2D eigenvalue weighted by Crippen LogP contribution is -2.23. The summed E-state index contributed by atoms with van der Waals surface area (Å²) in [5.74, 6) is 1.36. The average molecular weight is 287 g/mol. The molecule has 2 nitrogen and oxygen atoms in total. The lowest BCUT2D eigenvalue weighted by atomic mass is 9.80. The number of fused-ring (bicyclic) bond motifs is 1. The van der Waals surface area contributed by atoms with Gasteiger partial charge in [-0.3, -0.25) is 0 Å². The van der Waals surface area contributed by atoms with Crippen LogP contribution in [0, 0.1) is 0 Å². The Balaban J connectivity index is 1.92. The molecule has 0 saturated carbocycles. The Morgan fingerprint density at radius 2 is 2.20 bits per heavy atom. The molecule has 1 heterocycles. The molecule has 2 unspecified atom stereocenters. The minimum Gasteiger partial charge on any atom is -0.494 e. The van der Waals surface area contributed by atoms with Crippen LogP contribution >= 0.6 is 11.3 Å². The van der Waals surface area contributed by atoms with E-state index in [1.807, 2.05) is 30.4 Å². The molecule has 0 saturated heterocycles. The maximum Gasteiger partial charge on any atom is 0.124 e. The van der Waals surface area contributed by atoms with Gasteiger partial charge in [-0.05, 0) is 49.3 Å². The number of hydrogen-bond acceptors (Lipinski definition) is 3. The second-order valence-electron chi connectivity index (χ2n) is 5.29. The van der Waals surface area contributed by atoms with E-state index in [-0.39, 0.29) is 6.04 Å². The summed E-state index contributed by atoms with van der Waals surface area (Å²) in [6, 6.07) is 10.5. The summed E-state index contributed by atoms with van der Waals surface area (Å²) >= 11 is 1.87. The van der Waals surface area contributed by atoms with E-state index in [0.29, 0.717) is 12.5 Å². The molecule has 0 spiro atoms. The van der Waals surface area contributed by atoms with Gasteiger partial charge in [-0.25, -0.2) is 0 Å². The van der Waals surface area contributed by atoms with Gasteiger partial charge in [0.15, 0.2) is 0 Å². The van der Waals surface area contributed by atoms with E-state index in [1.54, 1.807) is 0 Å². The van der Waals surface area contributed by atoms with Gasteiger partial charge in [0.05, 0.1) is 6.61 Å². The molecule has 106 valence electrons. The summed E-state index contributed by atoms with van der Waals surface area (Å²) in [6.45, 7) is 2.69. The van der Waals surface area contributed by atoms with Gasteiger partial charge in [-0.15, -0.1) is 11.3 Å². The predicted octanol–water partition coefficient (Wildman–Crippen LogP) is 4.27. The van der Waals surface area contributed by atoms with Gasteiger partial charge in [0.25, 0.3) is 0 Å². The Hall–Kier alpha value is -1.32. The highest BCUT2D eigenvalue weighted by Crippen LogP contribution is 2.43. The number of benzene rings is 1. The Kier molecular flexibility index (Phi) is 4.08. The molecule has 2 N–H and O–H groups in total. The Morgan fingerprint density at radius 3 is 3.05 bits per heavy atom. The van der Waals surface area contributed by atoms with Crippen LogP contribution in [0.1, 0.15) is 47.7 Å². The smallest absolute Gasteiger partial charge is 0.124 e. The minimum absolute atomic E-state index is 0.0198. The highest BCUT2D eigenvalue weighted by molar-refractivity contribution is 7.10. The second kappa shape index (κ2) is 5.98. The zero-order valence-electron chi connectivity index (χ0n) is 11.8. The third-order valence-electron chi connectivity index (χ3n) is 4.11. The highest BCUT2D eigenvalue weighted by atomic mass is 32.1. The molecular formula is C17H21NOS. The summed E-state index contributed by atoms with van der Waals surface area (Å²) in [5, 5.41) is 2.20. The maximum atomic E-state index is 6.60. The van der Waals surface area contributed by atoms with Crippen molar-refractivity contribution in [1.29, 1.82) is 0 Å². The molecule has 0 amide bonds. The largest absolute Gasteiger partial charge is 0.494 e. The fourth-order valence-electron chi connectivity index (χ4n) is 3.15. The van der Waals surface area contributed by atoms with Gasteiger partial charge in [-0.2, -0.15) is 0 Å². The molecule has 0 radical (unpaired) electrons. The van der Waals surface area contributed by atoms with Gasteiger partial charge in [-0.1, -0.05) is 18.2 Å². The first-order valence-electron chi connectivity index (χ1n) is 7.34. The summed E-state index contributed by atoms with van der Waals surface area (Å²) in [5.41, 5.74) is 9.20. The molecule has 2 aromatic rings. The number of aryl methyl sites for hydroxylation is 1. The van der Waals surface area contributed by atoms with E-state index in [4.69, 9.17) is 10.5 Å². The zero-order chi connectivity index (χ0) is 13.9. The average Bonchev–Trinajstić information content (AvgIpc) is 2.96. The molecular weight excluding hydrogens is 266 g/mol. The lowest BCUT2D eigenvalue weighted by molar-refractivity contribution is 0.330. The third kappa shape index (κ3) is 2.48. The number of thiophene rings is 1. The molecule has 3 rings (SSSR count). The van der Waals surface area contributed by atoms with E-state index >= 15 is 0 Å². The van der Waals surface area contributed by atoms with Crippen molar-refractivity contribution in [3.05, 3.63) is 51.7 Å². The van der Waals surface area contributed by atoms with Crippen LogP contribution in [-0.2, 0) is 6.42 Å². The van der Waals surface area contributed by atoms with Gasteiger partial charge in [0.1, 0.15) is 5.75 Å². The molecule has 1 aromatic heterocycles. The highest BCUT2D eigenvalue weighted by Gasteiger charge is 2.28. The molecule has 3 heteroatoms. The Morgan fingerprint density at radius 1 is 1.35 bits per heavy atom. The molecule has 20 heavy (non-hydrogen) atoms. The van der Waals surface area contributed by atoms with E-state index in [9.17, 15) is 0 Å². The van der Waals surface area contributed by atoms with Crippen LogP contribution in [0.2, 0.25) is 0 Å². The number of ether oxygens (including phenoxy) is 1. The van der Waals surface area contributed by atoms with Crippen LogP contribution in [0.25, 0.3) is 0 Å². The van der Waals surface area contributed by atoms with Crippen molar-refractivity contribution in [2.45, 2.75) is 38.1 Å². The van der Waals surface area contributed by atoms with E-state index in [1.165, 1.54) is 29.7 Å². The quantitative estimate of drug-likeness (QED) is 0.911. The van der Waals surface area contributed by atoms with Crippen LogP contribution in [0.15, 0.2) is 35.7 Å². The number of para-hydroxylation sites is 1. The van der Waals surface area contributed by atoms with Crippen LogP contribution in [0.5, 0.6) is 5.75 Å². The summed E-state index contributed by atoms with van der Waals surface area (Å²) in [7, 11) is 0. The summed E-state index contributed by atoms with van der Waals surface area (Å²) in [4.78, 5) is 1.52. The molecule has 0 bridgehead atoms. The van der Waals surface area contributed by atoms with Crippen molar-refractivity contribution < 1.29 is 4.74 Å². The normalized spacial score (nSPS) is 19.4. The van der Waals surface area contributed by atoms with Crippen LogP contribution in [0.4, 0.5) is 0 Å². The van der Waals surface area contributed by atoms with Crippen molar-refractivity contribution in [3.8, 4) is 5.75 Å². The van der Waals surface area contributed by atoms with Gasteiger partial charge in [0, 0.05) is 22.4 Å². The zero-order valence-corrected chi connectivity index (χ0v) is 12.7. The number of hydrogen-bond donors (Lipinski definition) is 1. The molecule has 2 atom stereocenters. The van der Waals surface area contributed by atoms with Crippen molar-refractivity contribution in [2.24, 2.45) is 5.73 Å². The maximum absolute atomic E-state index is 6.60. The topological polar surface area (TPSA) is 35.2 Å². The third-order valence-corrected chi connectivity index (χ3v) is 5.11. The summed E-state index contributed by atoms with van der Waals surface area (Å²) in [6.07, 6.45) is 3.62. The first kappa shape index (κ1) is 13.7. The van der Waals surface area contributed by atoms with Crippen LogP contribution < -0.4 is 10.5 Å². The van der Waals surface area contributed by atoms with Gasteiger partial charge < -0.3 is 10.5 Å². The minimum atomic E-state index is 0.0198. The predicted molar refractivity (Wildman–Crippen MR) is 84.5 cm³/mol. The standard InChI is InChI=1S/C17H21NOS/c1-2-19-15-8-4-3-6-14(15)17(18)13-7-5-9-16-12(13)10-11-20-16/h3-4,6,8,10-11,13,17H,2,5,7,9,18H2,1H3. The first-order chi connectivity index (χ1) is 9.81. The van der Waals surface area contributed by atoms with Gasteiger partial charge in [0.2, 0.25) is 0 Å². The lowest BCUT2D eigenvalue weighted by Gasteiger charge is -2.29. The fraction of sp³-hybridized carbons (Fsp3) is 0.412. The number of rotatable bonds is 4. The van der Waals surface area contributed by atoms with Crippen molar-refractivity contribution >= 4 is 11.3 Å². The van der Waals surface area contributed by atoms with Crippen LogP contribution in [0.3, 0.4) is 0 Å². The van der Waals surface area contributed by atoms with E-state index < -0.39 is 0 Å². The van der Waals surface area contributed by atoms with Crippen molar-refractivity contribution in [3.63, 3.8) is 0 Å². The first-order valence-corrected chi connectivity index (χ1v) is 8.22. The molecule has 1 aliphatic carbocycles. The SMILES string of the molecule is CCOc1ccccc1C(N)C1CCCc2sccc21. The van der Waals surface area contributed by atoms with Crippen molar-refractivity contribution in [2.75, 3.05) is 6.61 Å². The fourth-order valence-corrected chi connectivity index (χ4v) is 4.15. The second-order valence-corrected chi connectivity index (χ2v) is 6.30.